The highest BCUT2D eigenvalue weighted by molar-refractivity contribution is 5.38. The maximum Gasteiger partial charge on any atom is 0.293 e. The highest BCUT2D eigenvalue weighted by Gasteiger charge is 2.47. The molecule has 0 radical (unpaired) electrons. The van der Waals surface area contributed by atoms with Crippen LogP contribution in [0, 0.1) is 5.41 Å². The summed E-state index contributed by atoms with van der Waals surface area (Å²) in [4.78, 5) is 9.72. The first-order chi connectivity index (χ1) is 3.67. The van der Waals surface area contributed by atoms with Gasteiger partial charge in [-0.05, 0) is 6.42 Å². The third kappa shape index (κ3) is 0.831. The summed E-state index contributed by atoms with van der Waals surface area (Å²) in [6.45, 7) is 4.70. The molecule has 0 saturated heterocycles. The van der Waals surface area contributed by atoms with Crippen LogP contribution in [0.2, 0.25) is 0 Å². The summed E-state index contributed by atoms with van der Waals surface area (Å²) in [6.07, 6.45) is 1.21. The first kappa shape index (κ1) is 5.60. The van der Waals surface area contributed by atoms with Crippen molar-refractivity contribution in [1.82, 2.24) is 0 Å². The number of rotatable bonds is 2. The second-order valence-electron chi connectivity index (χ2n) is 2.91. The number of ether oxygens (including phenoxy) is 1. The minimum atomic E-state index is 0.194. The van der Waals surface area contributed by atoms with Gasteiger partial charge in [-0.15, -0.1) is 0 Å². The average molecular weight is 114 g/mol. The third-order valence-corrected chi connectivity index (χ3v) is 1.64. The molecule has 1 aliphatic carbocycles. The van der Waals surface area contributed by atoms with Crippen molar-refractivity contribution in [2.45, 2.75) is 26.4 Å². The lowest BCUT2D eigenvalue weighted by molar-refractivity contribution is -0.130. The monoisotopic (exact) mass is 114 g/mol. The van der Waals surface area contributed by atoms with E-state index in [2.05, 4.69) is 18.6 Å². The average Bonchev–Trinajstić information content (AvgIpc) is 2.15. The van der Waals surface area contributed by atoms with Crippen molar-refractivity contribution in [3.63, 3.8) is 0 Å². The fourth-order valence-electron chi connectivity index (χ4n) is 0.718. The standard InChI is InChI=1S/C6H10O2/c1-6(2)3-5(6)8-4-7/h4-5H,3H2,1-2H3/t5-/m0/s1. The molecule has 0 aliphatic heterocycles. The van der Waals surface area contributed by atoms with E-state index < -0.39 is 0 Å². The molecule has 1 rings (SSSR count). The lowest BCUT2D eigenvalue weighted by Gasteiger charge is -1.97. The molecule has 0 unspecified atom stereocenters. The maximum atomic E-state index is 9.72. The van der Waals surface area contributed by atoms with Gasteiger partial charge in [0.2, 0.25) is 0 Å². The van der Waals surface area contributed by atoms with Crippen LogP contribution in [-0.4, -0.2) is 12.6 Å². The van der Waals surface area contributed by atoms with Crippen molar-refractivity contribution >= 4 is 6.47 Å². The summed E-state index contributed by atoms with van der Waals surface area (Å²) in [5, 5.41) is 0. The molecule has 1 aliphatic rings. The fraction of sp³-hybridized carbons (Fsp3) is 0.833. The minimum absolute atomic E-state index is 0.194. The van der Waals surface area contributed by atoms with E-state index in [1.807, 2.05) is 0 Å². The van der Waals surface area contributed by atoms with Crippen LogP contribution >= 0.6 is 0 Å². The zero-order valence-corrected chi connectivity index (χ0v) is 5.18. The SMILES string of the molecule is CC1(C)C[C@@H]1OC=O. The second-order valence-corrected chi connectivity index (χ2v) is 2.91. The summed E-state index contributed by atoms with van der Waals surface area (Å²) in [7, 11) is 0. The van der Waals surface area contributed by atoms with Gasteiger partial charge in [0.15, 0.2) is 0 Å². The molecular formula is C6H10O2. The van der Waals surface area contributed by atoms with E-state index in [0.29, 0.717) is 6.47 Å². The van der Waals surface area contributed by atoms with E-state index in [0.717, 1.165) is 6.42 Å². The normalized spacial score (nSPS) is 31.5. The molecule has 0 aromatic heterocycles. The van der Waals surface area contributed by atoms with Gasteiger partial charge >= 0.3 is 0 Å². The Morgan fingerprint density at radius 3 is 2.38 bits per heavy atom. The Balaban J connectivity index is 2.26. The molecule has 0 N–H and O–H groups in total. The van der Waals surface area contributed by atoms with Gasteiger partial charge in [0.25, 0.3) is 6.47 Å². The molecule has 0 spiro atoms. The predicted molar refractivity (Wildman–Crippen MR) is 29.3 cm³/mol. The van der Waals surface area contributed by atoms with E-state index in [4.69, 9.17) is 0 Å². The summed E-state index contributed by atoms with van der Waals surface area (Å²) in [5.74, 6) is 0. The van der Waals surface area contributed by atoms with Gasteiger partial charge in [-0.3, -0.25) is 4.79 Å². The van der Waals surface area contributed by atoms with Gasteiger partial charge in [0.05, 0.1) is 0 Å². The molecule has 46 valence electrons. The Morgan fingerprint density at radius 2 is 2.25 bits per heavy atom. The predicted octanol–water partition coefficient (Wildman–Crippen LogP) is 0.958. The molecule has 0 heterocycles. The van der Waals surface area contributed by atoms with E-state index >= 15 is 0 Å². The van der Waals surface area contributed by atoms with Crippen LogP contribution in [0.4, 0.5) is 0 Å². The van der Waals surface area contributed by atoms with E-state index in [-0.39, 0.29) is 11.5 Å². The lowest BCUT2D eigenvalue weighted by Crippen LogP contribution is -1.98. The molecule has 0 aromatic rings. The minimum Gasteiger partial charge on any atom is -0.464 e. The van der Waals surface area contributed by atoms with Crippen molar-refractivity contribution in [2.24, 2.45) is 5.41 Å². The van der Waals surface area contributed by atoms with E-state index in [1.165, 1.54) is 0 Å². The first-order valence-corrected chi connectivity index (χ1v) is 2.76. The summed E-state index contributed by atoms with van der Waals surface area (Å²) < 4.78 is 4.69. The second kappa shape index (κ2) is 1.47. The Hall–Kier alpha value is -0.530. The Kier molecular flexibility index (Phi) is 1.03. The van der Waals surface area contributed by atoms with Gasteiger partial charge in [-0.2, -0.15) is 0 Å². The van der Waals surface area contributed by atoms with Gasteiger partial charge in [-0.25, -0.2) is 0 Å². The molecule has 1 atom stereocenters. The molecular weight excluding hydrogens is 104 g/mol. The molecule has 0 aromatic carbocycles. The fourth-order valence-corrected chi connectivity index (χ4v) is 0.718. The van der Waals surface area contributed by atoms with Crippen LogP contribution in [0.5, 0.6) is 0 Å². The summed E-state index contributed by atoms with van der Waals surface area (Å²) in [6, 6.07) is 0. The molecule has 8 heavy (non-hydrogen) atoms. The topological polar surface area (TPSA) is 26.3 Å². The zero-order valence-electron chi connectivity index (χ0n) is 5.18. The smallest absolute Gasteiger partial charge is 0.293 e. The molecule has 2 nitrogen and oxygen atoms in total. The maximum absolute atomic E-state index is 9.72. The van der Waals surface area contributed by atoms with Crippen LogP contribution in [0.25, 0.3) is 0 Å². The van der Waals surface area contributed by atoms with Crippen molar-refractivity contribution in [2.75, 3.05) is 0 Å². The number of hydrogen-bond acceptors (Lipinski definition) is 2. The quantitative estimate of drug-likeness (QED) is 0.500. The first-order valence-electron chi connectivity index (χ1n) is 2.76. The van der Waals surface area contributed by atoms with Gasteiger partial charge in [0, 0.05) is 5.41 Å². The van der Waals surface area contributed by atoms with Crippen molar-refractivity contribution in [3.8, 4) is 0 Å². The van der Waals surface area contributed by atoms with Crippen LogP contribution in [0.3, 0.4) is 0 Å². The zero-order chi connectivity index (χ0) is 6.20. The number of carbonyl (C=O) groups excluding carboxylic acids is 1. The Bertz CT molecular complexity index is 107. The Morgan fingerprint density at radius 1 is 1.75 bits per heavy atom. The molecule has 0 amide bonds. The van der Waals surface area contributed by atoms with Crippen LogP contribution in [0.15, 0.2) is 0 Å². The number of hydrogen-bond donors (Lipinski definition) is 0. The lowest BCUT2D eigenvalue weighted by atomic mass is 10.2. The number of carbonyl (C=O) groups is 1. The van der Waals surface area contributed by atoms with E-state index in [1.54, 1.807) is 0 Å². The molecule has 2 heteroatoms. The van der Waals surface area contributed by atoms with E-state index in [9.17, 15) is 4.79 Å². The molecule has 0 bridgehead atoms. The van der Waals surface area contributed by atoms with Crippen molar-refractivity contribution in [3.05, 3.63) is 0 Å². The molecule has 1 saturated carbocycles. The summed E-state index contributed by atoms with van der Waals surface area (Å²) in [5.41, 5.74) is 0.265. The van der Waals surface area contributed by atoms with Crippen LogP contribution in [0.1, 0.15) is 20.3 Å². The highest BCUT2D eigenvalue weighted by atomic mass is 16.5. The van der Waals surface area contributed by atoms with Crippen molar-refractivity contribution in [1.29, 1.82) is 0 Å². The van der Waals surface area contributed by atoms with Gasteiger partial charge in [0.1, 0.15) is 6.10 Å². The Labute approximate surface area is 48.8 Å². The van der Waals surface area contributed by atoms with Gasteiger partial charge < -0.3 is 4.74 Å². The van der Waals surface area contributed by atoms with Crippen LogP contribution in [-0.2, 0) is 9.53 Å². The highest BCUT2D eigenvalue weighted by Crippen LogP contribution is 2.46. The summed E-state index contributed by atoms with van der Waals surface area (Å²) >= 11 is 0. The van der Waals surface area contributed by atoms with Crippen molar-refractivity contribution < 1.29 is 9.53 Å². The van der Waals surface area contributed by atoms with Crippen LogP contribution < -0.4 is 0 Å². The largest absolute Gasteiger partial charge is 0.464 e. The van der Waals surface area contributed by atoms with Gasteiger partial charge in [-0.1, -0.05) is 13.8 Å². The third-order valence-electron chi connectivity index (χ3n) is 1.64. The molecule has 1 fully saturated rings.